The Labute approximate surface area is 101 Å². The Kier molecular flexibility index (Phi) is 4.82. The van der Waals surface area contributed by atoms with Crippen LogP contribution in [0.2, 0.25) is 0 Å². The molecule has 1 nitrogen and oxygen atoms in total. The van der Waals surface area contributed by atoms with Crippen LogP contribution >= 0.6 is 31.9 Å². The third kappa shape index (κ3) is 2.92. The van der Waals surface area contributed by atoms with E-state index < -0.39 is 0 Å². The van der Waals surface area contributed by atoms with Crippen LogP contribution in [-0.4, -0.2) is 11.1 Å². The quantitative estimate of drug-likeness (QED) is 0.608. The summed E-state index contributed by atoms with van der Waals surface area (Å²) in [7, 11) is 0. The molecule has 0 aliphatic rings. The molecule has 0 heterocycles. The number of carbonyl (C=O) groups is 1. The third-order valence-corrected chi connectivity index (χ3v) is 3.14. The highest BCUT2D eigenvalue weighted by atomic mass is 79.9. The minimum atomic E-state index is 0.198. The molecule has 0 aliphatic heterocycles. The van der Waals surface area contributed by atoms with Crippen molar-refractivity contribution >= 4 is 37.6 Å². The SMILES string of the molecule is Cc1ccc(C(=O)CCBr)cc1CBr. The molecule has 1 aromatic rings. The minimum absolute atomic E-state index is 0.198. The van der Waals surface area contributed by atoms with Gasteiger partial charge in [0.1, 0.15) is 0 Å². The maximum Gasteiger partial charge on any atom is 0.163 e. The minimum Gasteiger partial charge on any atom is -0.294 e. The number of aryl methyl sites for hydroxylation is 1. The van der Waals surface area contributed by atoms with Crippen molar-refractivity contribution < 1.29 is 4.79 Å². The summed E-state index contributed by atoms with van der Waals surface area (Å²) in [4.78, 5) is 11.6. The van der Waals surface area contributed by atoms with Crippen LogP contribution in [0.3, 0.4) is 0 Å². The van der Waals surface area contributed by atoms with Gasteiger partial charge in [0.05, 0.1) is 0 Å². The van der Waals surface area contributed by atoms with E-state index in [0.717, 1.165) is 16.2 Å². The Bertz CT molecular complexity index is 334. The zero-order valence-corrected chi connectivity index (χ0v) is 11.2. The first-order valence-electron chi connectivity index (χ1n) is 4.43. The molecular weight excluding hydrogens is 308 g/mol. The van der Waals surface area contributed by atoms with E-state index >= 15 is 0 Å². The van der Waals surface area contributed by atoms with Crippen LogP contribution in [0, 0.1) is 6.92 Å². The van der Waals surface area contributed by atoms with Gasteiger partial charge in [-0.05, 0) is 24.1 Å². The van der Waals surface area contributed by atoms with E-state index in [1.54, 1.807) is 0 Å². The zero-order chi connectivity index (χ0) is 10.6. The van der Waals surface area contributed by atoms with E-state index in [2.05, 4.69) is 38.8 Å². The summed E-state index contributed by atoms with van der Waals surface area (Å²) in [6.07, 6.45) is 0.560. The molecule has 3 heteroatoms. The van der Waals surface area contributed by atoms with Gasteiger partial charge in [0.2, 0.25) is 0 Å². The predicted molar refractivity (Wildman–Crippen MR) is 66.6 cm³/mol. The van der Waals surface area contributed by atoms with Gasteiger partial charge in [-0.1, -0.05) is 44.0 Å². The molecule has 0 bridgehead atoms. The van der Waals surface area contributed by atoms with Crippen molar-refractivity contribution in [1.82, 2.24) is 0 Å². The van der Waals surface area contributed by atoms with Gasteiger partial charge in [-0.3, -0.25) is 4.79 Å². The topological polar surface area (TPSA) is 17.1 Å². The summed E-state index contributed by atoms with van der Waals surface area (Å²) in [5.74, 6) is 0.198. The fraction of sp³-hybridized carbons (Fsp3) is 0.364. The first-order chi connectivity index (χ1) is 6.69. The largest absolute Gasteiger partial charge is 0.294 e. The molecule has 1 rings (SSSR count). The van der Waals surface area contributed by atoms with Gasteiger partial charge in [0.15, 0.2) is 5.78 Å². The lowest BCUT2D eigenvalue weighted by Gasteiger charge is -2.04. The number of ketones is 1. The van der Waals surface area contributed by atoms with Crippen molar-refractivity contribution in [2.75, 3.05) is 5.33 Å². The molecule has 0 aromatic heterocycles. The highest BCUT2D eigenvalue weighted by Crippen LogP contribution is 2.15. The summed E-state index contributed by atoms with van der Waals surface area (Å²) in [5, 5.41) is 1.53. The molecule has 0 unspecified atom stereocenters. The van der Waals surface area contributed by atoms with Gasteiger partial charge in [0, 0.05) is 22.6 Å². The van der Waals surface area contributed by atoms with Crippen molar-refractivity contribution in [2.24, 2.45) is 0 Å². The fourth-order valence-electron chi connectivity index (χ4n) is 1.22. The van der Waals surface area contributed by atoms with E-state index in [1.165, 1.54) is 11.1 Å². The molecule has 0 aliphatic carbocycles. The number of halogens is 2. The summed E-state index contributed by atoms with van der Waals surface area (Å²) in [6.45, 7) is 2.05. The van der Waals surface area contributed by atoms with Crippen LogP contribution in [0.25, 0.3) is 0 Å². The lowest BCUT2D eigenvalue weighted by atomic mass is 10.0. The predicted octanol–water partition coefficient (Wildman–Crippen LogP) is 3.86. The third-order valence-electron chi connectivity index (χ3n) is 2.14. The molecular formula is C11H12Br2O. The number of alkyl halides is 2. The summed E-state index contributed by atoms with van der Waals surface area (Å²) >= 11 is 6.68. The maximum absolute atomic E-state index is 11.6. The monoisotopic (exact) mass is 318 g/mol. The lowest BCUT2D eigenvalue weighted by Crippen LogP contribution is -2.00. The Morgan fingerprint density at radius 1 is 1.36 bits per heavy atom. The molecule has 0 amide bonds. The molecule has 0 saturated heterocycles. The van der Waals surface area contributed by atoms with E-state index in [0.29, 0.717) is 6.42 Å². The van der Waals surface area contributed by atoms with Crippen molar-refractivity contribution in [1.29, 1.82) is 0 Å². The van der Waals surface area contributed by atoms with E-state index in [4.69, 9.17) is 0 Å². The van der Waals surface area contributed by atoms with Gasteiger partial charge < -0.3 is 0 Å². The molecule has 0 N–H and O–H groups in total. The number of benzene rings is 1. The lowest BCUT2D eigenvalue weighted by molar-refractivity contribution is 0.0990. The Morgan fingerprint density at radius 2 is 2.07 bits per heavy atom. The van der Waals surface area contributed by atoms with E-state index in [9.17, 15) is 4.79 Å². The van der Waals surface area contributed by atoms with Crippen molar-refractivity contribution in [3.63, 3.8) is 0 Å². The first-order valence-corrected chi connectivity index (χ1v) is 6.68. The van der Waals surface area contributed by atoms with Crippen LogP contribution in [0.4, 0.5) is 0 Å². The second kappa shape index (κ2) is 5.66. The number of Topliss-reactive ketones (excluding diaryl/α,β-unsaturated/α-hetero) is 1. The molecule has 1 aromatic carbocycles. The molecule has 76 valence electrons. The Morgan fingerprint density at radius 3 is 2.64 bits per heavy atom. The van der Waals surface area contributed by atoms with Crippen LogP contribution < -0.4 is 0 Å². The van der Waals surface area contributed by atoms with Gasteiger partial charge >= 0.3 is 0 Å². The van der Waals surface area contributed by atoms with Crippen molar-refractivity contribution in [2.45, 2.75) is 18.7 Å². The molecule has 0 saturated carbocycles. The highest BCUT2D eigenvalue weighted by Gasteiger charge is 2.06. The van der Waals surface area contributed by atoms with Crippen LogP contribution in [0.5, 0.6) is 0 Å². The van der Waals surface area contributed by atoms with Crippen LogP contribution in [0.1, 0.15) is 27.9 Å². The van der Waals surface area contributed by atoms with Crippen LogP contribution in [-0.2, 0) is 5.33 Å². The average molecular weight is 320 g/mol. The molecule has 0 fully saturated rings. The van der Waals surface area contributed by atoms with E-state index in [-0.39, 0.29) is 5.78 Å². The molecule has 0 spiro atoms. The molecule has 0 radical (unpaired) electrons. The number of hydrogen-bond acceptors (Lipinski definition) is 1. The highest BCUT2D eigenvalue weighted by molar-refractivity contribution is 9.09. The second-order valence-electron chi connectivity index (χ2n) is 3.14. The fourth-order valence-corrected chi connectivity index (χ4v) is 2.18. The van der Waals surface area contributed by atoms with Crippen LogP contribution in [0.15, 0.2) is 18.2 Å². The van der Waals surface area contributed by atoms with E-state index in [1.807, 2.05) is 18.2 Å². The first kappa shape index (κ1) is 11.9. The number of rotatable bonds is 4. The smallest absolute Gasteiger partial charge is 0.163 e. The van der Waals surface area contributed by atoms with Gasteiger partial charge in [0.25, 0.3) is 0 Å². The summed E-state index contributed by atoms with van der Waals surface area (Å²) < 4.78 is 0. The van der Waals surface area contributed by atoms with Gasteiger partial charge in [-0.15, -0.1) is 0 Å². The molecule has 0 atom stereocenters. The van der Waals surface area contributed by atoms with Crippen molar-refractivity contribution in [3.05, 3.63) is 34.9 Å². The molecule has 14 heavy (non-hydrogen) atoms. The zero-order valence-electron chi connectivity index (χ0n) is 8.02. The van der Waals surface area contributed by atoms with Crippen molar-refractivity contribution in [3.8, 4) is 0 Å². The summed E-state index contributed by atoms with van der Waals surface area (Å²) in [6, 6.07) is 5.86. The maximum atomic E-state index is 11.6. The normalized spacial score (nSPS) is 10.2. The Balaban J connectivity index is 2.94. The summed E-state index contributed by atoms with van der Waals surface area (Å²) in [5.41, 5.74) is 3.21. The number of hydrogen-bond donors (Lipinski definition) is 0. The standard InChI is InChI=1S/C11H12Br2O/c1-8-2-3-9(6-10(8)7-13)11(14)4-5-12/h2-3,6H,4-5,7H2,1H3. The Hall–Kier alpha value is -0.150. The number of carbonyl (C=O) groups excluding carboxylic acids is 1. The van der Waals surface area contributed by atoms with Gasteiger partial charge in [-0.25, -0.2) is 0 Å². The second-order valence-corrected chi connectivity index (χ2v) is 4.49. The van der Waals surface area contributed by atoms with Gasteiger partial charge in [-0.2, -0.15) is 0 Å². The average Bonchev–Trinajstić information content (AvgIpc) is 2.19.